The molecule has 1 aromatic heterocycles. The molecule has 0 atom stereocenters. The molecule has 1 heterocycles. The Hall–Kier alpha value is -3.87. The zero-order valence-corrected chi connectivity index (χ0v) is 16.8. The van der Waals surface area contributed by atoms with Gasteiger partial charge in [0.1, 0.15) is 6.61 Å². The Morgan fingerprint density at radius 1 is 0.935 bits per heavy atom. The van der Waals surface area contributed by atoms with Gasteiger partial charge in [-0.3, -0.25) is 0 Å². The molecule has 0 spiro atoms. The number of hydrogen-bond acceptors (Lipinski definition) is 5. The lowest BCUT2D eigenvalue weighted by Crippen LogP contribution is -2.27. The summed E-state index contributed by atoms with van der Waals surface area (Å²) in [6, 6.07) is 20.9. The average molecular weight is 418 g/mol. The summed E-state index contributed by atoms with van der Waals surface area (Å²) < 4.78 is 10.9. The average Bonchev–Trinajstić information content (AvgIpc) is 3.11. The van der Waals surface area contributed by atoms with E-state index in [-0.39, 0.29) is 24.1 Å². The molecule has 0 saturated heterocycles. The van der Waals surface area contributed by atoms with Crippen LogP contribution in [0.2, 0.25) is 0 Å². The second kappa shape index (κ2) is 9.30. The van der Waals surface area contributed by atoms with Crippen LogP contribution >= 0.6 is 0 Å². The van der Waals surface area contributed by atoms with Crippen molar-refractivity contribution in [3.05, 3.63) is 83.6 Å². The van der Waals surface area contributed by atoms with E-state index >= 15 is 0 Å². The molecule has 158 valence electrons. The number of nitrogens with zero attached hydrogens (tertiary/aromatic N) is 1. The quantitative estimate of drug-likeness (QED) is 0.535. The second-order valence-corrected chi connectivity index (χ2v) is 7.12. The van der Waals surface area contributed by atoms with Gasteiger partial charge in [0.15, 0.2) is 5.69 Å². The van der Waals surface area contributed by atoms with Crippen LogP contribution in [-0.2, 0) is 4.74 Å². The Kier molecular flexibility index (Phi) is 6.12. The number of rotatable bonds is 8. The Morgan fingerprint density at radius 3 is 2.29 bits per heavy atom. The van der Waals surface area contributed by atoms with Gasteiger partial charge in [0.2, 0.25) is 5.88 Å². The Labute approximate surface area is 179 Å². The van der Waals surface area contributed by atoms with Gasteiger partial charge in [-0.1, -0.05) is 54.6 Å². The molecule has 0 unspecified atom stereocenters. The molecular formula is C24H22N2O5. The monoisotopic (exact) mass is 418 g/mol. The maximum Gasteiger partial charge on any atom is 0.407 e. The number of aromatic nitrogens is 1. The molecule has 0 saturated carbocycles. The van der Waals surface area contributed by atoms with E-state index in [1.807, 2.05) is 24.3 Å². The van der Waals surface area contributed by atoms with Gasteiger partial charge < -0.3 is 19.9 Å². The van der Waals surface area contributed by atoms with Gasteiger partial charge in [0.05, 0.1) is 6.61 Å². The first-order valence-electron chi connectivity index (χ1n) is 10.1. The minimum absolute atomic E-state index is 0.0223. The third kappa shape index (κ3) is 4.66. The molecule has 1 aliphatic carbocycles. The number of pyridine rings is 1. The van der Waals surface area contributed by atoms with E-state index < -0.39 is 12.1 Å². The molecule has 31 heavy (non-hydrogen) atoms. The third-order valence-electron chi connectivity index (χ3n) is 5.13. The minimum Gasteiger partial charge on any atom is -0.478 e. The highest BCUT2D eigenvalue weighted by Gasteiger charge is 2.28. The fourth-order valence-corrected chi connectivity index (χ4v) is 3.70. The molecule has 0 radical (unpaired) electrons. The first-order valence-corrected chi connectivity index (χ1v) is 10.1. The smallest absolute Gasteiger partial charge is 0.407 e. The van der Waals surface area contributed by atoms with Gasteiger partial charge in [-0.05, 0) is 34.7 Å². The van der Waals surface area contributed by atoms with Crippen LogP contribution < -0.4 is 10.1 Å². The van der Waals surface area contributed by atoms with Crippen LogP contribution in [0.5, 0.6) is 5.88 Å². The summed E-state index contributed by atoms with van der Waals surface area (Å²) in [7, 11) is 0. The molecule has 0 fully saturated rings. The molecule has 7 heteroatoms. The zero-order chi connectivity index (χ0) is 21.6. The number of hydrogen-bond donors (Lipinski definition) is 2. The number of fused-ring (bicyclic) bond motifs is 3. The number of aromatic carboxylic acids is 1. The van der Waals surface area contributed by atoms with E-state index in [4.69, 9.17) is 14.6 Å². The standard InChI is InChI=1S/C24H22N2O5/c27-23(28)21-11-5-12-22(26-21)30-14-6-13-25-24(29)31-15-20-18-9-3-1-7-16(18)17-8-2-4-10-19(17)20/h1-5,7-12,20H,6,13-15H2,(H,25,29)(H,27,28). The largest absolute Gasteiger partial charge is 0.478 e. The van der Waals surface area contributed by atoms with Crippen molar-refractivity contribution in [1.82, 2.24) is 10.3 Å². The predicted octanol–water partition coefficient (Wildman–Crippen LogP) is 4.09. The molecule has 1 amide bonds. The van der Waals surface area contributed by atoms with Crippen LogP contribution in [0.1, 0.15) is 34.0 Å². The van der Waals surface area contributed by atoms with Crippen molar-refractivity contribution < 1.29 is 24.2 Å². The van der Waals surface area contributed by atoms with Crippen LogP contribution in [0.15, 0.2) is 66.7 Å². The van der Waals surface area contributed by atoms with Gasteiger partial charge in [0.25, 0.3) is 0 Å². The van der Waals surface area contributed by atoms with Crippen LogP contribution in [0.25, 0.3) is 11.1 Å². The maximum absolute atomic E-state index is 12.1. The lowest BCUT2D eigenvalue weighted by Gasteiger charge is -2.14. The van der Waals surface area contributed by atoms with Crippen molar-refractivity contribution in [2.75, 3.05) is 19.8 Å². The summed E-state index contributed by atoms with van der Waals surface area (Å²) in [6.07, 6.45) is 0.0521. The predicted molar refractivity (Wildman–Crippen MR) is 114 cm³/mol. The number of alkyl carbamates (subject to hydrolysis) is 1. The van der Waals surface area contributed by atoms with Gasteiger partial charge in [-0.25, -0.2) is 14.6 Å². The summed E-state index contributed by atoms with van der Waals surface area (Å²) in [4.78, 5) is 26.9. The lowest BCUT2D eigenvalue weighted by molar-refractivity contribution is 0.0689. The molecule has 4 rings (SSSR count). The number of carbonyl (C=O) groups is 2. The van der Waals surface area contributed by atoms with Gasteiger partial charge >= 0.3 is 12.1 Å². The molecule has 1 aliphatic rings. The number of carboxylic acid groups (broad SMARTS) is 1. The van der Waals surface area contributed by atoms with E-state index in [0.717, 1.165) is 0 Å². The van der Waals surface area contributed by atoms with Crippen molar-refractivity contribution >= 4 is 12.1 Å². The molecule has 2 N–H and O–H groups in total. The van der Waals surface area contributed by atoms with E-state index in [0.29, 0.717) is 19.6 Å². The Morgan fingerprint density at radius 2 is 1.61 bits per heavy atom. The molecular weight excluding hydrogens is 396 g/mol. The highest BCUT2D eigenvalue weighted by Crippen LogP contribution is 2.44. The topological polar surface area (TPSA) is 97.8 Å². The minimum atomic E-state index is -1.11. The van der Waals surface area contributed by atoms with Crippen molar-refractivity contribution in [2.45, 2.75) is 12.3 Å². The highest BCUT2D eigenvalue weighted by molar-refractivity contribution is 5.85. The van der Waals surface area contributed by atoms with Gasteiger partial charge in [-0.2, -0.15) is 0 Å². The first kappa shape index (κ1) is 20.4. The Balaban J connectivity index is 1.22. The number of amides is 1. The van der Waals surface area contributed by atoms with E-state index in [1.54, 1.807) is 12.1 Å². The Bertz CT molecular complexity index is 1050. The van der Waals surface area contributed by atoms with Crippen LogP contribution in [0, 0.1) is 0 Å². The fourth-order valence-electron chi connectivity index (χ4n) is 3.70. The lowest BCUT2D eigenvalue weighted by atomic mass is 9.98. The number of benzene rings is 2. The second-order valence-electron chi connectivity index (χ2n) is 7.12. The normalized spacial score (nSPS) is 12.0. The van der Waals surface area contributed by atoms with E-state index in [2.05, 4.69) is 34.6 Å². The SMILES string of the molecule is O=C(NCCCOc1cccc(C(=O)O)n1)OCC1c2ccccc2-c2ccccc21. The zero-order valence-electron chi connectivity index (χ0n) is 16.8. The summed E-state index contributed by atoms with van der Waals surface area (Å²) in [5.41, 5.74) is 4.63. The van der Waals surface area contributed by atoms with Crippen LogP contribution in [0.4, 0.5) is 4.79 Å². The van der Waals surface area contributed by atoms with E-state index in [9.17, 15) is 9.59 Å². The number of carbonyl (C=O) groups excluding carboxylic acids is 1. The fraction of sp³-hybridized carbons (Fsp3) is 0.208. The van der Waals surface area contributed by atoms with E-state index in [1.165, 1.54) is 28.3 Å². The van der Waals surface area contributed by atoms with Crippen molar-refractivity contribution in [3.8, 4) is 17.0 Å². The molecule has 0 aliphatic heterocycles. The third-order valence-corrected chi connectivity index (χ3v) is 5.13. The first-order chi connectivity index (χ1) is 15.1. The van der Waals surface area contributed by atoms with Crippen LogP contribution in [0.3, 0.4) is 0 Å². The summed E-state index contributed by atoms with van der Waals surface area (Å²) in [5.74, 6) is -0.850. The summed E-state index contributed by atoms with van der Waals surface area (Å²) >= 11 is 0. The molecule has 0 bridgehead atoms. The molecule has 3 aromatic rings. The number of ether oxygens (including phenoxy) is 2. The summed E-state index contributed by atoms with van der Waals surface area (Å²) in [6.45, 7) is 0.928. The summed E-state index contributed by atoms with van der Waals surface area (Å²) in [5, 5.41) is 11.7. The van der Waals surface area contributed by atoms with Gasteiger partial charge in [0, 0.05) is 18.5 Å². The van der Waals surface area contributed by atoms with Crippen molar-refractivity contribution in [2.24, 2.45) is 0 Å². The van der Waals surface area contributed by atoms with Crippen molar-refractivity contribution in [3.63, 3.8) is 0 Å². The van der Waals surface area contributed by atoms with Crippen molar-refractivity contribution in [1.29, 1.82) is 0 Å². The molecule has 7 nitrogen and oxygen atoms in total. The van der Waals surface area contributed by atoms with Crippen LogP contribution in [-0.4, -0.2) is 41.9 Å². The highest BCUT2D eigenvalue weighted by atomic mass is 16.5. The molecule has 2 aromatic carbocycles. The number of nitrogens with one attached hydrogen (secondary N) is 1. The number of carboxylic acids is 1. The maximum atomic E-state index is 12.1. The van der Waals surface area contributed by atoms with Gasteiger partial charge in [-0.15, -0.1) is 0 Å².